The summed E-state index contributed by atoms with van der Waals surface area (Å²) >= 11 is -2.52. The van der Waals surface area contributed by atoms with Crippen molar-refractivity contribution in [3.05, 3.63) is 28.3 Å². The Morgan fingerprint density at radius 1 is 1.33 bits per heavy atom. The van der Waals surface area contributed by atoms with Gasteiger partial charge in [-0.1, -0.05) is 0 Å². The molecule has 0 spiro atoms. The molecule has 1 rings (SSSR count). The monoisotopic (exact) mass is 317 g/mol. The average Bonchev–Trinajstić information content (AvgIpc) is 2.15. The molecule has 0 saturated carbocycles. The number of methoxy groups -OCH3 is 1. The second-order valence-electron chi connectivity index (χ2n) is 4.36. The van der Waals surface area contributed by atoms with E-state index in [4.69, 9.17) is 4.74 Å². The molecule has 0 saturated heterocycles. The van der Waals surface area contributed by atoms with Gasteiger partial charge in [-0.15, -0.1) is 0 Å². The van der Waals surface area contributed by atoms with Gasteiger partial charge in [0.05, 0.1) is 0 Å². The Hall–Kier alpha value is -0.781. The van der Waals surface area contributed by atoms with Gasteiger partial charge in [-0.25, -0.2) is 0 Å². The maximum atomic E-state index is 10.9. The van der Waals surface area contributed by atoms with Crippen LogP contribution in [0, 0.1) is 10.1 Å². The summed E-state index contributed by atoms with van der Waals surface area (Å²) in [6.45, 7) is 0. The molecule has 4 nitrogen and oxygen atoms in total. The number of nitro groups is 1. The standard InChI is InChI=1S/C7H6NO3.3CH3.Sn/c1-11-7-4-2-3-6(5-7)8(9)10;;;;/h2-4H,1H3;3*1H3;. The summed E-state index contributed by atoms with van der Waals surface area (Å²) in [7, 11) is 1.56. The van der Waals surface area contributed by atoms with E-state index in [0.717, 1.165) is 3.58 Å². The molecule has 0 aliphatic carbocycles. The van der Waals surface area contributed by atoms with E-state index in [0.29, 0.717) is 5.75 Å². The van der Waals surface area contributed by atoms with Crippen molar-refractivity contribution in [1.82, 2.24) is 0 Å². The summed E-state index contributed by atoms with van der Waals surface area (Å²) in [6, 6.07) is 5.02. The molecule has 0 aromatic heterocycles. The van der Waals surface area contributed by atoms with Crippen LogP contribution >= 0.6 is 0 Å². The van der Waals surface area contributed by atoms with Crippen LogP contribution < -0.4 is 8.32 Å². The first-order chi connectivity index (χ1) is 6.88. The molecular weight excluding hydrogens is 301 g/mol. The number of hydrogen-bond acceptors (Lipinski definition) is 3. The van der Waals surface area contributed by atoms with Gasteiger partial charge in [-0.2, -0.15) is 0 Å². The molecule has 1 aromatic rings. The molecule has 0 aliphatic heterocycles. The third kappa shape index (κ3) is 2.62. The van der Waals surface area contributed by atoms with E-state index in [1.54, 1.807) is 25.3 Å². The quantitative estimate of drug-likeness (QED) is 0.488. The summed E-state index contributed by atoms with van der Waals surface area (Å²) in [6.07, 6.45) is 0. The van der Waals surface area contributed by atoms with Crippen molar-refractivity contribution in [2.45, 2.75) is 14.8 Å². The molecule has 1 aromatic carbocycles. The Kier molecular flexibility index (Phi) is 3.59. The second kappa shape index (κ2) is 4.38. The fourth-order valence-electron chi connectivity index (χ4n) is 1.60. The Bertz CT molecular complexity index is 385. The topological polar surface area (TPSA) is 52.4 Å². The van der Waals surface area contributed by atoms with Crippen molar-refractivity contribution >= 4 is 27.6 Å². The molecule has 15 heavy (non-hydrogen) atoms. The molecule has 0 heterocycles. The van der Waals surface area contributed by atoms with E-state index in [-0.39, 0.29) is 10.6 Å². The van der Waals surface area contributed by atoms with Gasteiger partial charge >= 0.3 is 93.3 Å². The van der Waals surface area contributed by atoms with Gasteiger partial charge in [0, 0.05) is 0 Å². The van der Waals surface area contributed by atoms with Crippen molar-refractivity contribution < 1.29 is 9.66 Å². The zero-order valence-corrected chi connectivity index (χ0v) is 12.3. The number of ether oxygens (including phenoxy) is 1. The summed E-state index contributed by atoms with van der Waals surface area (Å²) < 4.78 is 6.06. The SMILES string of the molecule is COc1cccc([N+](=O)[O-])[c]1[Sn]([CH3])([CH3])[CH3]. The van der Waals surface area contributed by atoms with Crippen molar-refractivity contribution in [2.24, 2.45) is 0 Å². The number of benzene rings is 1. The van der Waals surface area contributed by atoms with Crippen LogP contribution in [-0.4, -0.2) is 30.4 Å². The molecule has 5 heteroatoms. The number of nitrogens with zero attached hydrogens (tertiary/aromatic N) is 1. The van der Waals surface area contributed by atoms with Crippen LogP contribution in [0.4, 0.5) is 5.69 Å². The van der Waals surface area contributed by atoms with Crippen LogP contribution in [0.5, 0.6) is 5.75 Å². The van der Waals surface area contributed by atoms with E-state index >= 15 is 0 Å². The summed E-state index contributed by atoms with van der Waals surface area (Å²) in [5.41, 5.74) is 0.206. The van der Waals surface area contributed by atoms with E-state index in [1.807, 2.05) is 0 Å². The number of hydrogen-bond donors (Lipinski definition) is 0. The summed E-state index contributed by atoms with van der Waals surface area (Å²) in [4.78, 5) is 17.0. The van der Waals surface area contributed by atoms with E-state index in [9.17, 15) is 10.1 Å². The Morgan fingerprint density at radius 2 is 1.93 bits per heavy atom. The average molecular weight is 316 g/mol. The van der Waals surface area contributed by atoms with Crippen LogP contribution in [0.1, 0.15) is 0 Å². The van der Waals surface area contributed by atoms with E-state index in [2.05, 4.69) is 14.8 Å². The molecule has 0 aliphatic rings. The summed E-state index contributed by atoms with van der Waals surface area (Å²) in [5.74, 6) is 0.660. The van der Waals surface area contributed by atoms with Crippen molar-refractivity contribution in [3.63, 3.8) is 0 Å². The molecular formula is C10H15NO3Sn. The molecule has 0 fully saturated rings. The second-order valence-corrected chi connectivity index (χ2v) is 18.6. The van der Waals surface area contributed by atoms with Crippen molar-refractivity contribution in [1.29, 1.82) is 0 Å². The van der Waals surface area contributed by atoms with Gasteiger partial charge < -0.3 is 0 Å². The van der Waals surface area contributed by atoms with Gasteiger partial charge in [-0.05, 0) is 0 Å². The zero-order valence-electron chi connectivity index (χ0n) is 9.40. The Labute approximate surface area is 93.3 Å². The fourth-order valence-corrected chi connectivity index (χ4v) is 6.93. The minimum atomic E-state index is -2.52. The summed E-state index contributed by atoms with van der Waals surface area (Å²) in [5, 5.41) is 10.9. The van der Waals surface area contributed by atoms with Gasteiger partial charge in [0.1, 0.15) is 0 Å². The normalized spacial score (nSPS) is 11.2. The Balaban J connectivity index is 3.47. The molecule has 0 amide bonds. The molecule has 0 radical (unpaired) electrons. The van der Waals surface area contributed by atoms with E-state index in [1.165, 1.54) is 0 Å². The maximum absolute atomic E-state index is 10.9. The van der Waals surface area contributed by atoms with Gasteiger partial charge in [-0.3, -0.25) is 0 Å². The van der Waals surface area contributed by atoms with Crippen LogP contribution in [0.3, 0.4) is 0 Å². The van der Waals surface area contributed by atoms with Gasteiger partial charge in [0.15, 0.2) is 0 Å². The first-order valence-electron chi connectivity index (χ1n) is 4.70. The number of rotatable bonds is 3. The van der Waals surface area contributed by atoms with Crippen LogP contribution in [0.15, 0.2) is 18.2 Å². The van der Waals surface area contributed by atoms with E-state index < -0.39 is 18.4 Å². The van der Waals surface area contributed by atoms with Crippen LogP contribution in [-0.2, 0) is 0 Å². The minimum absolute atomic E-state index is 0.206. The third-order valence-corrected chi connectivity index (χ3v) is 7.89. The zero-order chi connectivity index (χ0) is 11.6. The molecule has 0 N–H and O–H groups in total. The molecule has 82 valence electrons. The van der Waals surface area contributed by atoms with Crippen LogP contribution in [0.25, 0.3) is 0 Å². The first kappa shape index (κ1) is 12.3. The van der Waals surface area contributed by atoms with Crippen molar-refractivity contribution in [2.75, 3.05) is 7.11 Å². The molecule has 0 bridgehead atoms. The van der Waals surface area contributed by atoms with Crippen molar-refractivity contribution in [3.8, 4) is 5.75 Å². The fraction of sp³-hybridized carbons (Fsp3) is 0.400. The number of nitro benzene ring substituents is 1. The predicted molar refractivity (Wildman–Crippen MR) is 62.6 cm³/mol. The molecule has 0 unspecified atom stereocenters. The third-order valence-electron chi connectivity index (χ3n) is 2.17. The predicted octanol–water partition coefficient (Wildman–Crippen LogP) is 2.15. The van der Waals surface area contributed by atoms with Gasteiger partial charge in [0.25, 0.3) is 0 Å². The molecule has 0 atom stereocenters. The van der Waals surface area contributed by atoms with Gasteiger partial charge in [0.2, 0.25) is 0 Å². The Morgan fingerprint density at radius 3 is 2.33 bits per heavy atom. The van der Waals surface area contributed by atoms with Crippen LogP contribution in [0.2, 0.25) is 14.8 Å². The first-order valence-corrected chi connectivity index (χ1v) is 14.7.